The molecular weight excluding hydrogens is 160 g/mol. The molecule has 0 saturated heterocycles. The maximum Gasteiger partial charge on any atom is 0.0673 e. The zero-order valence-electron chi connectivity index (χ0n) is 7.09. The van der Waals surface area contributed by atoms with Gasteiger partial charge in [-0.2, -0.15) is 0 Å². The minimum atomic E-state index is 0.435. The predicted octanol–water partition coefficient (Wildman–Crippen LogP) is 2.45. The topological polar surface area (TPSA) is 9.23 Å². The number of halogens is 1. The Morgan fingerprint density at radius 2 is 2.27 bits per heavy atom. The Bertz CT molecular complexity index is 144. The minimum Gasteiger partial charge on any atom is -0.376 e. The highest BCUT2D eigenvalue weighted by atomic mass is 35.5. The number of ether oxygens (including phenoxy) is 1. The molecule has 0 aromatic heterocycles. The molecule has 0 aliphatic heterocycles. The summed E-state index contributed by atoms with van der Waals surface area (Å²) in [7, 11) is 0. The minimum absolute atomic E-state index is 0.435. The molecule has 11 heavy (non-hydrogen) atoms. The second-order valence-electron chi connectivity index (χ2n) is 2.99. The first-order valence-corrected chi connectivity index (χ1v) is 4.65. The van der Waals surface area contributed by atoms with Gasteiger partial charge in [0.25, 0.3) is 0 Å². The van der Waals surface area contributed by atoms with Gasteiger partial charge in [0.15, 0.2) is 0 Å². The van der Waals surface area contributed by atoms with Gasteiger partial charge in [-0.3, -0.25) is 0 Å². The van der Waals surface area contributed by atoms with Gasteiger partial charge in [0.2, 0.25) is 0 Å². The molecule has 3 atom stereocenters. The third-order valence-corrected chi connectivity index (χ3v) is 2.32. The number of hydrogen-bond donors (Lipinski definition) is 0. The molecule has 0 aromatic carbocycles. The Balaban J connectivity index is 2.19. The van der Waals surface area contributed by atoms with Crippen LogP contribution in [-0.4, -0.2) is 18.6 Å². The van der Waals surface area contributed by atoms with Crippen LogP contribution in [-0.2, 0) is 4.74 Å². The lowest BCUT2D eigenvalue weighted by Crippen LogP contribution is -2.00. The molecule has 0 heterocycles. The molecule has 3 unspecified atom stereocenters. The summed E-state index contributed by atoms with van der Waals surface area (Å²) in [5.41, 5.74) is 0. The second kappa shape index (κ2) is 4.13. The number of hydrogen-bond acceptors (Lipinski definition) is 1. The van der Waals surface area contributed by atoms with Gasteiger partial charge < -0.3 is 4.74 Å². The van der Waals surface area contributed by atoms with E-state index in [-0.39, 0.29) is 0 Å². The van der Waals surface area contributed by atoms with Crippen molar-refractivity contribution >= 4 is 11.6 Å². The van der Waals surface area contributed by atoms with Crippen LogP contribution >= 0.6 is 11.6 Å². The van der Waals surface area contributed by atoms with Crippen LogP contribution in [0.2, 0.25) is 0 Å². The predicted molar refractivity (Wildman–Crippen MR) is 47.9 cm³/mol. The molecule has 64 valence electrons. The van der Waals surface area contributed by atoms with E-state index in [0.29, 0.717) is 30.4 Å². The summed E-state index contributed by atoms with van der Waals surface area (Å²) in [5, 5.41) is 0. The van der Waals surface area contributed by atoms with E-state index >= 15 is 0 Å². The van der Waals surface area contributed by atoms with Crippen LogP contribution in [0.1, 0.15) is 13.8 Å². The van der Waals surface area contributed by atoms with Gasteiger partial charge in [-0.15, -0.1) is 11.6 Å². The average Bonchev–Trinajstić information content (AvgIpc) is 2.59. The molecular formula is C9H15ClO. The summed E-state index contributed by atoms with van der Waals surface area (Å²) in [6.45, 7) is 4.94. The summed E-state index contributed by atoms with van der Waals surface area (Å²) in [6, 6.07) is 0. The Hall–Kier alpha value is -0.0100. The first-order chi connectivity index (χ1) is 5.31. The van der Waals surface area contributed by atoms with Crippen molar-refractivity contribution in [1.29, 1.82) is 0 Å². The van der Waals surface area contributed by atoms with Gasteiger partial charge in [-0.05, 0) is 12.8 Å². The zero-order chi connectivity index (χ0) is 8.27. The standard InChI is InChI=1S/C9H15ClO/c1-3-4-8-7(2)9(8)11-6-5-10/h3-4,7-9H,5-6H2,1-2H3/b4-3+. The van der Waals surface area contributed by atoms with Crippen molar-refractivity contribution in [3.63, 3.8) is 0 Å². The van der Waals surface area contributed by atoms with E-state index in [9.17, 15) is 0 Å². The summed E-state index contributed by atoms with van der Waals surface area (Å²) in [4.78, 5) is 0. The van der Waals surface area contributed by atoms with Crippen LogP contribution in [0.15, 0.2) is 12.2 Å². The highest BCUT2D eigenvalue weighted by Gasteiger charge is 2.45. The maximum absolute atomic E-state index is 5.50. The first kappa shape index (κ1) is 9.08. The zero-order valence-corrected chi connectivity index (χ0v) is 7.84. The normalized spacial score (nSPS) is 36.5. The molecule has 1 rings (SSSR count). The van der Waals surface area contributed by atoms with Crippen molar-refractivity contribution in [2.75, 3.05) is 12.5 Å². The maximum atomic E-state index is 5.50. The smallest absolute Gasteiger partial charge is 0.0673 e. The van der Waals surface area contributed by atoms with Crippen molar-refractivity contribution in [2.24, 2.45) is 11.8 Å². The van der Waals surface area contributed by atoms with E-state index in [1.807, 2.05) is 6.92 Å². The van der Waals surface area contributed by atoms with Gasteiger partial charge in [-0.1, -0.05) is 19.1 Å². The van der Waals surface area contributed by atoms with Crippen molar-refractivity contribution in [3.05, 3.63) is 12.2 Å². The van der Waals surface area contributed by atoms with Gasteiger partial charge in [-0.25, -0.2) is 0 Å². The Morgan fingerprint density at radius 1 is 1.55 bits per heavy atom. The molecule has 0 bridgehead atoms. The Morgan fingerprint density at radius 3 is 2.82 bits per heavy atom. The van der Waals surface area contributed by atoms with Crippen molar-refractivity contribution in [2.45, 2.75) is 20.0 Å². The molecule has 1 aliphatic rings. The summed E-state index contributed by atoms with van der Waals surface area (Å²) in [6.07, 6.45) is 4.74. The lowest BCUT2D eigenvalue weighted by Gasteiger charge is -1.96. The molecule has 0 N–H and O–H groups in total. The largest absolute Gasteiger partial charge is 0.376 e. The SMILES string of the molecule is C/C=C/C1C(C)C1OCCCl. The quantitative estimate of drug-likeness (QED) is 0.470. The lowest BCUT2D eigenvalue weighted by molar-refractivity contribution is 0.120. The third-order valence-electron chi connectivity index (χ3n) is 2.17. The summed E-state index contributed by atoms with van der Waals surface area (Å²) in [5.74, 6) is 1.93. The van der Waals surface area contributed by atoms with Crippen molar-refractivity contribution in [3.8, 4) is 0 Å². The van der Waals surface area contributed by atoms with E-state index in [1.165, 1.54) is 0 Å². The molecule has 0 amide bonds. The highest BCUT2D eigenvalue weighted by molar-refractivity contribution is 6.17. The molecule has 0 spiro atoms. The monoisotopic (exact) mass is 174 g/mol. The van der Waals surface area contributed by atoms with Gasteiger partial charge in [0, 0.05) is 11.8 Å². The van der Waals surface area contributed by atoms with E-state index in [4.69, 9.17) is 16.3 Å². The van der Waals surface area contributed by atoms with E-state index < -0.39 is 0 Å². The Kier molecular flexibility index (Phi) is 3.41. The molecule has 1 saturated carbocycles. The number of alkyl halides is 1. The third kappa shape index (κ3) is 2.21. The Labute approximate surface area is 73.4 Å². The fraction of sp³-hybridized carbons (Fsp3) is 0.778. The van der Waals surface area contributed by atoms with Crippen LogP contribution in [0.5, 0.6) is 0 Å². The lowest BCUT2D eigenvalue weighted by atomic mass is 10.3. The number of rotatable bonds is 4. The van der Waals surface area contributed by atoms with Crippen molar-refractivity contribution in [1.82, 2.24) is 0 Å². The van der Waals surface area contributed by atoms with E-state index in [0.717, 1.165) is 0 Å². The van der Waals surface area contributed by atoms with Gasteiger partial charge >= 0.3 is 0 Å². The van der Waals surface area contributed by atoms with Crippen molar-refractivity contribution < 1.29 is 4.74 Å². The molecule has 1 fully saturated rings. The van der Waals surface area contributed by atoms with Crippen LogP contribution < -0.4 is 0 Å². The molecule has 1 nitrogen and oxygen atoms in total. The van der Waals surface area contributed by atoms with Gasteiger partial charge in [0.05, 0.1) is 12.7 Å². The van der Waals surface area contributed by atoms with Gasteiger partial charge in [0.1, 0.15) is 0 Å². The summed E-state index contributed by atoms with van der Waals surface area (Å²) < 4.78 is 5.50. The highest BCUT2D eigenvalue weighted by Crippen LogP contribution is 2.42. The fourth-order valence-corrected chi connectivity index (χ4v) is 1.50. The second-order valence-corrected chi connectivity index (χ2v) is 3.36. The van der Waals surface area contributed by atoms with E-state index in [1.54, 1.807) is 0 Å². The van der Waals surface area contributed by atoms with Crippen LogP contribution in [0, 0.1) is 11.8 Å². The first-order valence-electron chi connectivity index (χ1n) is 4.11. The van der Waals surface area contributed by atoms with Crippen LogP contribution in [0.25, 0.3) is 0 Å². The molecule has 1 aliphatic carbocycles. The molecule has 2 heteroatoms. The van der Waals surface area contributed by atoms with Crippen LogP contribution in [0.4, 0.5) is 0 Å². The molecule has 0 radical (unpaired) electrons. The fourth-order valence-electron chi connectivity index (χ4n) is 1.41. The molecule has 0 aromatic rings. The van der Waals surface area contributed by atoms with Crippen LogP contribution in [0.3, 0.4) is 0 Å². The number of allylic oxidation sites excluding steroid dienone is 1. The summed E-state index contributed by atoms with van der Waals surface area (Å²) >= 11 is 5.50. The van der Waals surface area contributed by atoms with E-state index in [2.05, 4.69) is 19.1 Å². The average molecular weight is 175 g/mol.